The predicted molar refractivity (Wildman–Crippen MR) is 80.4 cm³/mol. The van der Waals surface area contributed by atoms with Gasteiger partial charge in [-0.15, -0.1) is 0 Å². The van der Waals surface area contributed by atoms with Gasteiger partial charge >= 0.3 is 0 Å². The third kappa shape index (κ3) is 3.18. The maximum atomic E-state index is 2.72. The molecule has 104 valence electrons. The molecule has 1 aromatic rings. The summed E-state index contributed by atoms with van der Waals surface area (Å²) in [7, 11) is 0. The van der Waals surface area contributed by atoms with E-state index in [1.54, 1.807) is 0 Å². The van der Waals surface area contributed by atoms with Crippen LogP contribution in [-0.2, 0) is 6.42 Å². The fourth-order valence-electron chi connectivity index (χ4n) is 3.69. The maximum Gasteiger partial charge on any atom is 0.0224 e. The van der Waals surface area contributed by atoms with Crippen LogP contribution in [0.5, 0.6) is 0 Å². The number of rotatable bonds is 4. The second kappa shape index (κ2) is 6.06. The predicted octanol–water partition coefficient (Wildman–Crippen LogP) is 2.79. The van der Waals surface area contributed by atoms with Gasteiger partial charge in [-0.05, 0) is 51.3 Å². The molecule has 2 nitrogen and oxygen atoms in total. The summed E-state index contributed by atoms with van der Waals surface area (Å²) in [5.74, 6) is 0. The van der Waals surface area contributed by atoms with E-state index in [1.165, 1.54) is 57.4 Å². The zero-order valence-corrected chi connectivity index (χ0v) is 12.1. The summed E-state index contributed by atoms with van der Waals surface area (Å²) in [6, 6.07) is 12.5. The Hall–Kier alpha value is -0.860. The first-order valence-electron chi connectivity index (χ1n) is 7.85. The van der Waals surface area contributed by atoms with Crippen LogP contribution in [0.2, 0.25) is 0 Å². The monoisotopic (exact) mass is 258 g/mol. The maximum absolute atomic E-state index is 2.72. The highest BCUT2D eigenvalue weighted by molar-refractivity contribution is 5.14. The molecule has 19 heavy (non-hydrogen) atoms. The van der Waals surface area contributed by atoms with Gasteiger partial charge in [0.15, 0.2) is 0 Å². The zero-order valence-electron chi connectivity index (χ0n) is 12.1. The standard InChI is InChI=1S/C17H26N2/c1-15-13-19-12-6-10-17(19)14-18(15)11-5-9-16-7-3-2-4-8-16/h2-4,7-8,15,17H,5-6,9-14H2,1H3/t15-,17?/m0/s1. The Labute approximate surface area is 117 Å². The van der Waals surface area contributed by atoms with Gasteiger partial charge in [0.1, 0.15) is 0 Å². The second-order valence-electron chi connectivity index (χ2n) is 6.22. The van der Waals surface area contributed by atoms with Gasteiger partial charge in [-0.2, -0.15) is 0 Å². The summed E-state index contributed by atoms with van der Waals surface area (Å²) in [4.78, 5) is 5.42. The van der Waals surface area contributed by atoms with Crippen LogP contribution in [-0.4, -0.2) is 48.1 Å². The molecular formula is C17H26N2. The van der Waals surface area contributed by atoms with E-state index in [0.717, 1.165) is 12.1 Å². The molecule has 0 saturated carbocycles. The Morgan fingerprint density at radius 2 is 2.00 bits per heavy atom. The van der Waals surface area contributed by atoms with E-state index in [4.69, 9.17) is 0 Å². The minimum absolute atomic E-state index is 0.741. The number of nitrogens with zero attached hydrogens (tertiary/aromatic N) is 2. The van der Waals surface area contributed by atoms with Gasteiger partial charge in [-0.1, -0.05) is 30.3 Å². The van der Waals surface area contributed by atoms with Crippen LogP contribution in [0.25, 0.3) is 0 Å². The van der Waals surface area contributed by atoms with Crippen molar-refractivity contribution in [3.8, 4) is 0 Å². The molecule has 2 heterocycles. The summed E-state index contributed by atoms with van der Waals surface area (Å²) in [6.45, 7) is 7.59. The molecule has 0 N–H and O–H groups in total. The van der Waals surface area contributed by atoms with Gasteiger partial charge in [0.25, 0.3) is 0 Å². The Balaban J connectivity index is 1.47. The van der Waals surface area contributed by atoms with Crippen molar-refractivity contribution in [1.82, 2.24) is 9.80 Å². The van der Waals surface area contributed by atoms with Crippen molar-refractivity contribution in [1.29, 1.82) is 0 Å². The number of benzene rings is 1. The Morgan fingerprint density at radius 1 is 1.16 bits per heavy atom. The first-order valence-corrected chi connectivity index (χ1v) is 7.85. The third-order valence-electron chi connectivity index (χ3n) is 4.82. The van der Waals surface area contributed by atoms with Crippen LogP contribution >= 0.6 is 0 Å². The summed E-state index contributed by atoms with van der Waals surface area (Å²) in [6.07, 6.45) is 5.34. The normalized spacial score (nSPS) is 28.5. The number of piperazine rings is 1. The quantitative estimate of drug-likeness (QED) is 0.819. The molecule has 2 atom stereocenters. The van der Waals surface area contributed by atoms with Gasteiger partial charge in [0, 0.05) is 25.2 Å². The van der Waals surface area contributed by atoms with E-state index in [0.29, 0.717) is 0 Å². The van der Waals surface area contributed by atoms with Crippen LogP contribution in [0.3, 0.4) is 0 Å². The summed E-state index contributed by atoms with van der Waals surface area (Å²) < 4.78 is 0. The first kappa shape index (κ1) is 13.1. The largest absolute Gasteiger partial charge is 0.298 e. The summed E-state index contributed by atoms with van der Waals surface area (Å²) in [5.41, 5.74) is 1.48. The molecule has 2 aliphatic heterocycles. The van der Waals surface area contributed by atoms with Gasteiger partial charge in [0.2, 0.25) is 0 Å². The van der Waals surface area contributed by atoms with Gasteiger partial charge in [-0.25, -0.2) is 0 Å². The molecule has 0 aromatic heterocycles. The van der Waals surface area contributed by atoms with E-state index in [1.807, 2.05) is 0 Å². The SMILES string of the molecule is C[C@H]1CN2CCCC2CN1CCCc1ccccc1. The average molecular weight is 258 g/mol. The minimum atomic E-state index is 0.741. The lowest BCUT2D eigenvalue weighted by Gasteiger charge is -2.42. The van der Waals surface area contributed by atoms with E-state index in [2.05, 4.69) is 47.1 Å². The minimum Gasteiger partial charge on any atom is -0.298 e. The molecular weight excluding hydrogens is 232 g/mol. The fourth-order valence-corrected chi connectivity index (χ4v) is 3.69. The number of hydrogen-bond acceptors (Lipinski definition) is 2. The Morgan fingerprint density at radius 3 is 2.84 bits per heavy atom. The van der Waals surface area contributed by atoms with E-state index in [9.17, 15) is 0 Å². The van der Waals surface area contributed by atoms with Crippen molar-refractivity contribution in [2.45, 2.75) is 44.7 Å². The summed E-state index contributed by atoms with van der Waals surface area (Å²) >= 11 is 0. The molecule has 1 unspecified atom stereocenters. The van der Waals surface area contributed by atoms with Crippen LogP contribution in [0.1, 0.15) is 31.7 Å². The fraction of sp³-hybridized carbons (Fsp3) is 0.647. The van der Waals surface area contributed by atoms with Gasteiger partial charge in [0.05, 0.1) is 0 Å². The zero-order chi connectivity index (χ0) is 13.1. The van der Waals surface area contributed by atoms with Crippen molar-refractivity contribution >= 4 is 0 Å². The van der Waals surface area contributed by atoms with Crippen molar-refractivity contribution in [3.05, 3.63) is 35.9 Å². The molecule has 1 aromatic carbocycles. The third-order valence-corrected chi connectivity index (χ3v) is 4.82. The molecule has 0 aliphatic carbocycles. The van der Waals surface area contributed by atoms with Gasteiger partial charge in [-0.3, -0.25) is 9.80 Å². The highest BCUT2D eigenvalue weighted by Gasteiger charge is 2.33. The van der Waals surface area contributed by atoms with E-state index in [-0.39, 0.29) is 0 Å². The molecule has 0 radical (unpaired) electrons. The van der Waals surface area contributed by atoms with Crippen molar-refractivity contribution < 1.29 is 0 Å². The van der Waals surface area contributed by atoms with Crippen LogP contribution in [0, 0.1) is 0 Å². The van der Waals surface area contributed by atoms with Crippen LogP contribution in [0.4, 0.5) is 0 Å². The molecule has 2 heteroatoms. The van der Waals surface area contributed by atoms with E-state index < -0.39 is 0 Å². The highest BCUT2D eigenvalue weighted by Crippen LogP contribution is 2.24. The second-order valence-corrected chi connectivity index (χ2v) is 6.22. The molecule has 2 aliphatic rings. The Kier molecular flexibility index (Phi) is 4.19. The highest BCUT2D eigenvalue weighted by atomic mass is 15.3. The number of hydrogen-bond donors (Lipinski definition) is 0. The molecule has 2 fully saturated rings. The number of fused-ring (bicyclic) bond motifs is 1. The molecule has 2 saturated heterocycles. The van der Waals surface area contributed by atoms with E-state index >= 15 is 0 Å². The lowest BCUT2D eigenvalue weighted by molar-refractivity contribution is 0.0589. The van der Waals surface area contributed by atoms with Gasteiger partial charge < -0.3 is 0 Å². The van der Waals surface area contributed by atoms with Crippen molar-refractivity contribution in [2.24, 2.45) is 0 Å². The molecule has 0 bridgehead atoms. The van der Waals surface area contributed by atoms with Crippen molar-refractivity contribution in [3.63, 3.8) is 0 Å². The molecule has 3 rings (SSSR count). The molecule has 0 spiro atoms. The summed E-state index contributed by atoms with van der Waals surface area (Å²) in [5, 5.41) is 0. The topological polar surface area (TPSA) is 6.48 Å². The number of aryl methyl sites for hydroxylation is 1. The molecule has 0 amide bonds. The van der Waals surface area contributed by atoms with Crippen LogP contribution < -0.4 is 0 Å². The lowest BCUT2D eigenvalue weighted by atomic mass is 10.1. The van der Waals surface area contributed by atoms with Crippen molar-refractivity contribution in [2.75, 3.05) is 26.2 Å². The smallest absolute Gasteiger partial charge is 0.0224 e. The van der Waals surface area contributed by atoms with Crippen LogP contribution in [0.15, 0.2) is 30.3 Å². The average Bonchev–Trinajstić information content (AvgIpc) is 2.87. The lowest BCUT2D eigenvalue weighted by Crippen LogP contribution is -2.55. The first-order chi connectivity index (χ1) is 9.33. The Bertz CT molecular complexity index is 390.